The van der Waals surface area contributed by atoms with Crippen LogP contribution in [0.25, 0.3) is 11.0 Å². The molecule has 0 bridgehead atoms. The number of hydrogen-bond donors (Lipinski definition) is 0. The summed E-state index contributed by atoms with van der Waals surface area (Å²) in [5.74, 6) is 1.02. The largest absolute Gasteiger partial charge is 0.340 e. The molecule has 3 aliphatic rings. The van der Waals surface area contributed by atoms with Crippen molar-refractivity contribution < 1.29 is 4.39 Å². The van der Waals surface area contributed by atoms with E-state index >= 15 is 0 Å². The van der Waals surface area contributed by atoms with Gasteiger partial charge in [-0.15, -0.1) is 0 Å². The van der Waals surface area contributed by atoms with Gasteiger partial charge in [0.05, 0.1) is 11.0 Å². The maximum atomic E-state index is 13.8. The SMILES string of the molecule is CN1CCN(c2nc3ccccc3n2C2CCN(C3(c4ccc(F)cc4)CCCCCC3)CC2)CC1. The Labute approximate surface area is 214 Å². The first-order valence-corrected chi connectivity index (χ1v) is 14.1. The number of likely N-dealkylation sites (N-methyl/N-ethyl adjacent to an activating group) is 1. The van der Waals surface area contributed by atoms with Gasteiger partial charge in [-0.2, -0.15) is 0 Å². The van der Waals surface area contributed by atoms with Crippen molar-refractivity contribution >= 4 is 17.0 Å². The van der Waals surface area contributed by atoms with E-state index in [1.165, 1.54) is 49.6 Å². The lowest BCUT2D eigenvalue weighted by Crippen LogP contribution is -2.50. The Hall–Kier alpha value is -2.44. The Balaban J connectivity index is 1.28. The molecular weight excluding hydrogens is 449 g/mol. The number of aromatic nitrogens is 2. The molecule has 0 atom stereocenters. The third kappa shape index (κ3) is 4.43. The molecule has 0 amide bonds. The van der Waals surface area contributed by atoms with Gasteiger partial charge < -0.3 is 14.4 Å². The van der Waals surface area contributed by atoms with E-state index < -0.39 is 0 Å². The second-order valence-corrected chi connectivity index (χ2v) is 11.2. The Kier molecular flexibility index (Phi) is 6.74. The number of fused-ring (bicyclic) bond motifs is 1. The molecule has 0 spiro atoms. The fraction of sp³-hybridized carbons (Fsp3) is 0.567. The van der Waals surface area contributed by atoms with Crippen LogP contribution in [0, 0.1) is 5.82 Å². The van der Waals surface area contributed by atoms with Crippen LogP contribution >= 0.6 is 0 Å². The summed E-state index contributed by atoms with van der Waals surface area (Å²) in [6.07, 6.45) is 9.78. The molecule has 3 fully saturated rings. The molecule has 2 aliphatic heterocycles. The molecule has 6 rings (SSSR count). The van der Waals surface area contributed by atoms with Crippen molar-refractivity contribution in [1.29, 1.82) is 0 Å². The summed E-state index contributed by atoms with van der Waals surface area (Å²) in [6.45, 7) is 6.40. The molecule has 192 valence electrons. The fourth-order valence-corrected chi connectivity index (χ4v) is 7.03. The first kappa shape index (κ1) is 23.9. The van der Waals surface area contributed by atoms with Gasteiger partial charge in [0.15, 0.2) is 0 Å². The quantitative estimate of drug-likeness (QED) is 0.432. The van der Waals surface area contributed by atoms with Crippen LogP contribution in [0.15, 0.2) is 48.5 Å². The van der Waals surface area contributed by atoms with Gasteiger partial charge in [-0.25, -0.2) is 9.37 Å². The highest BCUT2D eigenvalue weighted by Crippen LogP contribution is 2.44. The number of hydrogen-bond acceptors (Lipinski definition) is 4. The van der Waals surface area contributed by atoms with E-state index in [9.17, 15) is 4.39 Å². The highest BCUT2D eigenvalue weighted by atomic mass is 19.1. The first-order valence-electron chi connectivity index (χ1n) is 14.1. The highest BCUT2D eigenvalue weighted by molar-refractivity contribution is 5.79. The second-order valence-electron chi connectivity index (χ2n) is 11.2. The molecule has 36 heavy (non-hydrogen) atoms. The van der Waals surface area contributed by atoms with Crippen LogP contribution in [0.5, 0.6) is 0 Å². The Morgan fingerprint density at radius 2 is 1.47 bits per heavy atom. The lowest BCUT2D eigenvalue weighted by Gasteiger charge is -2.48. The number of piperazine rings is 1. The van der Waals surface area contributed by atoms with Gasteiger partial charge >= 0.3 is 0 Å². The number of imidazole rings is 1. The molecule has 3 aromatic rings. The van der Waals surface area contributed by atoms with Gasteiger partial charge in [-0.1, -0.05) is 49.9 Å². The van der Waals surface area contributed by atoms with E-state index in [2.05, 4.69) is 62.7 Å². The summed E-state index contributed by atoms with van der Waals surface area (Å²) in [5, 5.41) is 0. The van der Waals surface area contributed by atoms with Crippen molar-refractivity contribution in [1.82, 2.24) is 19.4 Å². The Morgan fingerprint density at radius 3 is 2.17 bits per heavy atom. The third-order valence-corrected chi connectivity index (χ3v) is 9.11. The molecule has 0 radical (unpaired) electrons. The summed E-state index contributed by atoms with van der Waals surface area (Å²) in [6, 6.07) is 16.6. The summed E-state index contributed by atoms with van der Waals surface area (Å²) in [4.78, 5) is 12.8. The first-order chi connectivity index (χ1) is 17.6. The van der Waals surface area contributed by atoms with Gasteiger partial charge in [0.25, 0.3) is 0 Å². The average Bonchev–Trinajstić information content (AvgIpc) is 3.12. The molecule has 0 N–H and O–H groups in total. The number of halogens is 1. The zero-order chi connectivity index (χ0) is 24.5. The van der Waals surface area contributed by atoms with Gasteiger partial charge in [-0.05, 0) is 62.6 Å². The van der Waals surface area contributed by atoms with E-state index in [0.717, 1.165) is 63.6 Å². The van der Waals surface area contributed by atoms with E-state index in [1.54, 1.807) is 12.1 Å². The minimum Gasteiger partial charge on any atom is -0.340 e. The Morgan fingerprint density at radius 1 is 0.806 bits per heavy atom. The zero-order valence-corrected chi connectivity index (χ0v) is 21.7. The topological polar surface area (TPSA) is 27.5 Å². The van der Waals surface area contributed by atoms with Crippen LogP contribution in [0.3, 0.4) is 0 Å². The highest BCUT2D eigenvalue weighted by Gasteiger charge is 2.41. The fourth-order valence-electron chi connectivity index (χ4n) is 7.03. The van der Waals surface area contributed by atoms with Gasteiger partial charge in [0, 0.05) is 50.8 Å². The van der Waals surface area contributed by atoms with Gasteiger partial charge in [0.2, 0.25) is 5.95 Å². The van der Waals surface area contributed by atoms with E-state index in [-0.39, 0.29) is 11.4 Å². The maximum absolute atomic E-state index is 13.8. The number of likely N-dealkylation sites (tertiary alicyclic amines) is 1. The van der Waals surface area contributed by atoms with Crippen LogP contribution in [0.2, 0.25) is 0 Å². The predicted octanol–water partition coefficient (Wildman–Crippen LogP) is 5.81. The van der Waals surface area contributed by atoms with Crippen molar-refractivity contribution in [2.24, 2.45) is 0 Å². The molecule has 6 heteroatoms. The molecule has 1 aromatic heterocycles. The summed E-state index contributed by atoms with van der Waals surface area (Å²) < 4.78 is 16.4. The minimum absolute atomic E-state index is 0.0481. The number of anilines is 1. The summed E-state index contributed by atoms with van der Waals surface area (Å²) in [7, 11) is 2.21. The van der Waals surface area contributed by atoms with Crippen molar-refractivity contribution in [3.63, 3.8) is 0 Å². The second kappa shape index (κ2) is 10.1. The maximum Gasteiger partial charge on any atom is 0.206 e. The van der Waals surface area contributed by atoms with Crippen LogP contribution < -0.4 is 4.90 Å². The number of piperidine rings is 1. The van der Waals surface area contributed by atoms with Crippen molar-refractivity contribution in [2.45, 2.75) is 62.9 Å². The van der Waals surface area contributed by atoms with Crippen LogP contribution in [-0.2, 0) is 5.54 Å². The molecule has 1 aliphatic carbocycles. The normalized spacial score (nSPS) is 22.7. The zero-order valence-electron chi connectivity index (χ0n) is 21.7. The summed E-state index contributed by atoms with van der Waals surface area (Å²) >= 11 is 0. The monoisotopic (exact) mass is 489 g/mol. The van der Waals surface area contributed by atoms with Crippen molar-refractivity contribution in [3.05, 3.63) is 59.9 Å². The molecule has 2 saturated heterocycles. The average molecular weight is 490 g/mol. The number of benzene rings is 2. The number of nitrogens with zero attached hydrogens (tertiary/aromatic N) is 5. The smallest absolute Gasteiger partial charge is 0.206 e. The van der Waals surface area contributed by atoms with E-state index in [4.69, 9.17) is 4.98 Å². The lowest BCUT2D eigenvalue weighted by atomic mass is 9.79. The predicted molar refractivity (Wildman–Crippen MR) is 145 cm³/mol. The standard InChI is InChI=1S/C30H40FN5/c1-33-20-22-34(23-21-33)29-32-27-8-4-5-9-28(27)36(29)26-14-18-35(19-15-26)30(16-6-2-3-7-17-30)24-10-12-25(31)13-11-24/h4-5,8-13,26H,2-3,6-7,14-23H2,1H3. The Bertz CT molecular complexity index is 1150. The van der Waals surface area contributed by atoms with Crippen LogP contribution in [-0.4, -0.2) is 65.7 Å². The summed E-state index contributed by atoms with van der Waals surface area (Å²) in [5.41, 5.74) is 3.75. The minimum atomic E-state index is -0.135. The van der Waals surface area contributed by atoms with E-state index in [0.29, 0.717) is 6.04 Å². The van der Waals surface area contributed by atoms with Crippen molar-refractivity contribution in [2.75, 3.05) is 51.2 Å². The van der Waals surface area contributed by atoms with Gasteiger partial charge in [0.1, 0.15) is 5.82 Å². The van der Waals surface area contributed by atoms with E-state index in [1.807, 2.05) is 0 Å². The van der Waals surface area contributed by atoms with Crippen LogP contribution in [0.4, 0.5) is 10.3 Å². The molecule has 5 nitrogen and oxygen atoms in total. The lowest BCUT2D eigenvalue weighted by molar-refractivity contribution is 0.0360. The molecule has 3 heterocycles. The molecular formula is C30H40FN5. The van der Waals surface area contributed by atoms with Crippen molar-refractivity contribution in [3.8, 4) is 0 Å². The molecule has 1 saturated carbocycles. The number of para-hydroxylation sites is 2. The third-order valence-electron chi connectivity index (χ3n) is 9.11. The molecule has 2 aromatic carbocycles. The number of rotatable bonds is 4. The van der Waals surface area contributed by atoms with Gasteiger partial charge in [-0.3, -0.25) is 4.90 Å². The molecule has 0 unspecified atom stereocenters. The van der Waals surface area contributed by atoms with Crippen LogP contribution in [0.1, 0.15) is 63.0 Å².